The molecule has 0 bridgehead atoms. The van der Waals surface area contributed by atoms with E-state index in [0.717, 1.165) is 0 Å². The van der Waals surface area contributed by atoms with Gasteiger partial charge in [-0.3, -0.25) is 9.69 Å². The van der Waals surface area contributed by atoms with Crippen molar-refractivity contribution in [2.24, 2.45) is 5.92 Å². The molecule has 0 radical (unpaired) electrons. The van der Waals surface area contributed by atoms with Crippen LogP contribution in [-0.2, 0) is 15.0 Å². The summed E-state index contributed by atoms with van der Waals surface area (Å²) in [7, 11) is -4.64. The third kappa shape index (κ3) is 3.67. The van der Waals surface area contributed by atoms with Crippen molar-refractivity contribution in [3.05, 3.63) is 29.3 Å². The standard InChI is InChI=1S/C13H11ClFN3O4S/c14-10-3-1-9(2-4-10)12-16-17-13(22-12)18-6-8(5-11(18)19)7-23(15,20)21/h1-4,8H,5-7H2. The fraction of sp³-hybridized carbons (Fsp3) is 0.308. The number of carbonyl (C=O) groups is 1. The van der Waals surface area contributed by atoms with Crippen LogP contribution in [0.2, 0.25) is 5.02 Å². The normalized spacial score (nSPS) is 18.6. The van der Waals surface area contributed by atoms with Crippen molar-refractivity contribution in [3.8, 4) is 11.5 Å². The summed E-state index contributed by atoms with van der Waals surface area (Å²) in [5.74, 6) is -1.52. The molecule has 1 amide bonds. The van der Waals surface area contributed by atoms with E-state index in [-0.39, 0.29) is 30.8 Å². The minimum atomic E-state index is -4.64. The average Bonchev–Trinajstić information content (AvgIpc) is 3.04. The fourth-order valence-electron chi connectivity index (χ4n) is 2.39. The molecule has 1 saturated heterocycles. The summed E-state index contributed by atoms with van der Waals surface area (Å²) in [6.07, 6.45) is -0.0815. The third-order valence-electron chi connectivity index (χ3n) is 3.38. The highest BCUT2D eigenvalue weighted by atomic mass is 35.5. The molecule has 0 aliphatic carbocycles. The minimum Gasteiger partial charge on any atom is -0.403 e. The molecule has 0 saturated carbocycles. The van der Waals surface area contributed by atoms with Crippen LogP contribution in [-0.4, -0.2) is 36.8 Å². The second-order valence-electron chi connectivity index (χ2n) is 5.18. The molecule has 7 nitrogen and oxygen atoms in total. The Morgan fingerprint density at radius 3 is 2.65 bits per heavy atom. The van der Waals surface area contributed by atoms with Crippen molar-refractivity contribution < 1.29 is 21.5 Å². The van der Waals surface area contributed by atoms with Crippen LogP contribution < -0.4 is 4.90 Å². The molecule has 1 unspecified atom stereocenters. The van der Waals surface area contributed by atoms with Crippen LogP contribution in [0, 0.1) is 5.92 Å². The molecule has 2 aromatic rings. The lowest BCUT2D eigenvalue weighted by Crippen LogP contribution is -2.25. The third-order valence-corrected chi connectivity index (χ3v) is 4.50. The van der Waals surface area contributed by atoms with E-state index in [1.54, 1.807) is 24.3 Å². The Kier molecular flexibility index (Phi) is 4.07. The molecular formula is C13H11ClFN3O4S. The van der Waals surface area contributed by atoms with Gasteiger partial charge in [-0.2, -0.15) is 8.42 Å². The smallest absolute Gasteiger partial charge is 0.325 e. The SMILES string of the molecule is O=C1CC(CS(=O)(=O)F)CN1c1nnc(-c2ccc(Cl)cc2)o1. The van der Waals surface area contributed by atoms with E-state index in [1.165, 1.54) is 4.90 Å². The van der Waals surface area contributed by atoms with Crippen LogP contribution in [0.25, 0.3) is 11.5 Å². The Hall–Kier alpha value is -2.00. The van der Waals surface area contributed by atoms with Gasteiger partial charge in [0.15, 0.2) is 0 Å². The van der Waals surface area contributed by atoms with Crippen molar-refractivity contribution in [2.45, 2.75) is 6.42 Å². The summed E-state index contributed by atoms with van der Waals surface area (Å²) >= 11 is 5.80. The van der Waals surface area contributed by atoms with Gasteiger partial charge in [0.1, 0.15) is 0 Å². The molecule has 1 fully saturated rings. The Balaban J connectivity index is 1.78. The first kappa shape index (κ1) is 15.9. The summed E-state index contributed by atoms with van der Waals surface area (Å²) in [5.41, 5.74) is 0.627. The van der Waals surface area contributed by atoms with E-state index in [0.29, 0.717) is 10.6 Å². The summed E-state index contributed by atoms with van der Waals surface area (Å²) in [5, 5.41) is 8.19. The molecule has 1 atom stereocenters. The molecule has 2 heterocycles. The molecule has 23 heavy (non-hydrogen) atoms. The van der Waals surface area contributed by atoms with Crippen LogP contribution in [0.5, 0.6) is 0 Å². The average molecular weight is 360 g/mol. The lowest BCUT2D eigenvalue weighted by atomic mass is 10.1. The zero-order chi connectivity index (χ0) is 16.6. The number of halogens is 2. The number of anilines is 1. The zero-order valence-electron chi connectivity index (χ0n) is 11.6. The highest BCUT2D eigenvalue weighted by molar-refractivity contribution is 7.86. The number of hydrogen-bond acceptors (Lipinski definition) is 6. The van der Waals surface area contributed by atoms with E-state index >= 15 is 0 Å². The first-order chi connectivity index (χ1) is 10.8. The monoisotopic (exact) mass is 359 g/mol. The summed E-state index contributed by atoms with van der Waals surface area (Å²) in [6, 6.07) is 6.64. The second kappa shape index (κ2) is 5.89. The van der Waals surface area contributed by atoms with Crippen molar-refractivity contribution in [1.82, 2.24) is 10.2 Å². The van der Waals surface area contributed by atoms with Gasteiger partial charge in [-0.15, -0.1) is 8.98 Å². The largest absolute Gasteiger partial charge is 0.403 e. The number of hydrogen-bond donors (Lipinski definition) is 0. The first-order valence-corrected chi connectivity index (χ1v) is 8.57. The molecule has 1 aliphatic rings. The van der Waals surface area contributed by atoms with E-state index in [9.17, 15) is 17.1 Å². The number of benzene rings is 1. The van der Waals surface area contributed by atoms with Crippen LogP contribution in [0.1, 0.15) is 6.42 Å². The maximum absolute atomic E-state index is 12.7. The van der Waals surface area contributed by atoms with Crippen LogP contribution >= 0.6 is 11.6 Å². The van der Waals surface area contributed by atoms with Gasteiger partial charge in [0, 0.05) is 29.5 Å². The Morgan fingerprint density at radius 1 is 1.30 bits per heavy atom. The van der Waals surface area contributed by atoms with Gasteiger partial charge < -0.3 is 4.42 Å². The number of carbonyl (C=O) groups excluding carboxylic acids is 1. The van der Waals surface area contributed by atoms with Crippen molar-refractivity contribution in [2.75, 3.05) is 17.2 Å². The van der Waals surface area contributed by atoms with Gasteiger partial charge >= 0.3 is 16.2 Å². The predicted octanol–water partition coefficient (Wildman–Crippen LogP) is 2.04. The Morgan fingerprint density at radius 2 is 2.00 bits per heavy atom. The highest BCUT2D eigenvalue weighted by Gasteiger charge is 2.36. The molecule has 122 valence electrons. The maximum atomic E-state index is 12.7. The van der Waals surface area contributed by atoms with Gasteiger partial charge in [-0.1, -0.05) is 16.7 Å². The van der Waals surface area contributed by atoms with Gasteiger partial charge in [0.2, 0.25) is 11.8 Å². The molecule has 1 aliphatic heterocycles. The first-order valence-electron chi connectivity index (χ1n) is 6.64. The van der Waals surface area contributed by atoms with E-state index in [4.69, 9.17) is 16.0 Å². The van der Waals surface area contributed by atoms with Crippen LogP contribution in [0.15, 0.2) is 28.7 Å². The fourth-order valence-corrected chi connectivity index (χ4v) is 3.31. The molecule has 0 N–H and O–H groups in total. The van der Waals surface area contributed by atoms with Crippen molar-refractivity contribution in [1.29, 1.82) is 0 Å². The van der Waals surface area contributed by atoms with E-state index in [2.05, 4.69) is 10.2 Å². The molecule has 3 rings (SSSR count). The minimum absolute atomic E-state index is 0.0181. The van der Waals surface area contributed by atoms with Gasteiger partial charge in [0.25, 0.3) is 0 Å². The molecule has 10 heteroatoms. The maximum Gasteiger partial charge on any atom is 0.325 e. The van der Waals surface area contributed by atoms with Crippen molar-refractivity contribution in [3.63, 3.8) is 0 Å². The summed E-state index contributed by atoms with van der Waals surface area (Å²) in [4.78, 5) is 13.1. The molecule has 1 aromatic carbocycles. The second-order valence-corrected chi connectivity index (χ2v) is 7.02. The van der Waals surface area contributed by atoms with Crippen molar-refractivity contribution >= 4 is 33.7 Å². The number of aromatic nitrogens is 2. The molecular weight excluding hydrogens is 349 g/mol. The number of nitrogens with zero attached hydrogens (tertiary/aromatic N) is 3. The van der Waals surface area contributed by atoms with E-state index < -0.39 is 21.9 Å². The predicted molar refractivity (Wildman–Crippen MR) is 80.1 cm³/mol. The topological polar surface area (TPSA) is 93.4 Å². The molecule has 0 spiro atoms. The zero-order valence-corrected chi connectivity index (χ0v) is 13.2. The highest BCUT2D eigenvalue weighted by Crippen LogP contribution is 2.28. The van der Waals surface area contributed by atoms with Crippen LogP contribution in [0.3, 0.4) is 0 Å². The lowest BCUT2D eigenvalue weighted by Gasteiger charge is -2.10. The van der Waals surface area contributed by atoms with Gasteiger partial charge in [0.05, 0.1) is 5.75 Å². The number of amides is 1. The van der Waals surface area contributed by atoms with E-state index in [1.807, 2.05) is 0 Å². The Labute approximate surface area is 136 Å². The quantitative estimate of drug-likeness (QED) is 0.775. The Bertz CT molecular complexity index is 837. The van der Waals surface area contributed by atoms with Gasteiger partial charge in [-0.05, 0) is 24.3 Å². The van der Waals surface area contributed by atoms with Crippen LogP contribution in [0.4, 0.5) is 9.90 Å². The number of rotatable bonds is 4. The lowest BCUT2D eigenvalue weighted by molar-refractivity contribution is -0.117. The van der Waals surface area contributed by atoms with Gasteiger partial charge in [-0.25, -0.2) is 0 Å². The molecule has 1 aromatic heterocycles. The summed E-state index contributed by atoms with van der Waals surface area (Å²) in [6.45, 7) is 0.0181. The summed E-state index contributed by atoms with van der Waals surface area (Å²) < 4.78 is 39.6.